The molecule has 3 nitrogen and oxygen atoms in total. The van der Waals surface area contributed by atoms with Crippen LogP contribution in [0.3, 0.4) is 0 Å². The van der Waals surface area contributed by atoms with Gasteiger partial charge in [0.15, 0.2) is 6.10 Å². The molecule has 0 bridgehead atoms. The third kappa shape index (κ3) is 4.34. The van der Waals surface area contributed by atoms with Crippen LogP contribution in [-0.2, 0) is 6.42 Å². The van der Waals surface area contributed by atoms with Crippen molar-refractivity contribution in [2.75, 3.05) is 0 Å². The van der Waals surface area contributed by atoms with Gasteiger partial charge in [0.1, 0.15) is 17.6 Å². The maximum absolute atomic E-state index is 13.4. The summed E-state index contributed by atoms with van der Waals surface area (Å²) in [7, 11) is 0. The second kappa shape index (κ2) is 6.97. The van der Waals surface area contributed by atoms with Crippen LogP contribution in [0.25, 0.3) is 0 Å². The van der Waals surface area contributed by atoms with Gasteiger partial charge in [-0.1, -0.05) is 13.8 Å². The van der Waals surface area contributed by atoms with Gasteiger partial charge in [-0.2, -0.15) is 5.26 Å². The summed E-state index contributed by atoms with van der Waals surface area (Å²) >= 11 is 0. The summed E-state index contributed by atoms with van der Waals surface area (Å²) < 4.78 is 18.8. The molecule has 1 aromatic rings. The molecule has 0 amide bonds. The largest absolute Gasteiger partial charge is 0.475 e. The summed E-state index contributed by atoms with van der Waals surface area (Å²) in [6, 6.07) is 6.53. The third-order valence-electron chi connectivity index (χ3n) is 2.75. The van der Waals surface area contributed by atoms with Crippen LogP contribution in [0.5, 0.6) is 5.75 Å². The molecule has 0 aliphatic heterocycles. The molecular weight excluding hydrogens is 231 g/mol. The van der Waals surface area contributed by atoms with E-state index >= 15 is 0 Å². The molecule has 0 spiro atoms. The Labute approximate surface area is 107 Å². The average molecular weight is 250 g/mol. The zero-order chi connectivity index (χ0) is 13.5. The Bertz CT molecular complexity index is 428. The lowest BCUT2D eigenvalue weighted by molar-refractivity contribution is 0.250. The van der Waals surface area contributed by atoms with Crippen molar-refractivity contribution in [1.82, 2.24) is 0 Å². The Kier molecular flexibility index (Phi) is 5.60. The van der Waals surface area contributed by atoms with E-state index < -0.39 is 6.10 Å². The Morgan fingerprint density at radius 2 is 2.06 bits per heavy atom. The standard InChI is InChI=1S/C14H19FN2O/c1-3-12(17)6-10-5-11(15)8-14(7-10)18-13(4-2)9-16/h5,7-8,12-13H,3-4,6,17H2,1-2H3. The van der Waals surface area contributed by atoms with Crippen LogP contribution in [0.4, 0.5) is 4.39 Å². The lowest BCUT2D eigenvalue weighted by Crippen LogP contribution is -2.21. The Morgan fingerprint density at radius 3 is 2.61 bits per heavy atom. The molecule has 2 unspecified atom stereocenters. The molecule has 0 heterocycles. The van der Waals surface area contributed by atoms with Crippen molar-refractivity contribution < 1.29 is 9.13 Å². The average Bonchev–Trinajstić information content (AvgIpc) is 2.35. The summed E-state index contributed by atoms with van der Waals surface area (Å²) in [4.78, 5) is 0. The molecule has 0 aliphatic rings. The first-order chi connectivity index (χ1) is 8.58. The van der Waals surface area contributed by atoms with E-state index in [2.05, 4.69) is 0 Å². The molecule has 0 saturated heterocycles. The van der Waals surface area contributed by atoms with Gasteiger partial charge in [0.05, 0.1) is 0 Å². The Morgan fingerprint density at radius 1 is 1.33 bits per heavy atom. The molecule has 0 radical (unpaired) electrons. The van der Waals surface area contributed by atoms with Crippen molar-refractivity contribution in [2.24, 2.45) is 5.73 Å². The molecule has 0 saturated carbocycles. The fourth-order valence-corrected chi connectivity index (χ4v) is 1.62. The summed E-state index contributed by atoms with van der Waals surface area (Å²) in [5.74, 6) is 0.0281. The molecule has 0 fully saturated rings. The molecule has 0 aromatic heterocycles. The molecule has 1 rings (SSSR count). The topological polar surface area (TPSA) is 59.0 Å². The number of hydrogen-bond acceptors (Lipinski definition) is 3. The lowest BCUT2D eigenvalue weighted by atomic mass is 10.0. The van der Waals surface area contributed by atoms with Crippen molar-refractivity contribution in [3.63, 3.8) is 0 Å². The maximum Gasteiger partial charge on any atom is 0.184 e. The van der Waals surface area contributed by atoms with Crippen LogP contribution in [0.15, 0.2) is 18.2 Å². The number of nitrogens with two attached hydrogens (primary N) is 1. The second-order valence-electron chi connectivity index (χ2n) is 4.31. The van der Waals surface area contributed by atoms with Gasteiger partial charge in [-0.05, 0) is 37.0 Å². The highest BCUT2D eigenvalue weighted by Gasteiger charge is 2.10. The van der Waals surface area contributed by atoms with Crippen molar-refractivity contribution in [3.8, 4) is 11.8 Å². The summed E-state index contributed by atoms with van der Waals surface area (Å²) in [5, 5.41) is 8.82. The highest BCUT2D eigenvalue weighted by Crippen LogP contribution is 2.19. The van der Waals surface area contributed by atoms with Gasteiger partial charge >= 0.3 is 0 Å². The number of ether oxygens (including phenoxy) is 1. The van der Waals surface area contributed by atoms with Gasteiger partial charge in [-0.15, -0.1) is 0 Å². The molecule has 1 aromatic carbocycles. The van der Waals surface area contributed by atoms with Gasteiger partial charge in [0.25, 0.3) is 0 Å². The van der Waals surface area contributed by atoms with Crippen LogP contribution >= 0.6 is 0 Å². The van der Waals surface area contributed by atoms with Crippen molar-refractivity contribution in [3.05, 3.63) is 29.6 Å². The van der Waals surface area contributed by atoms with E-state index in [1.807, 2.05) is 19.9 Å². The van der Waals surface area contributed by atoms with Crippen LogP contribution in [0.1, 0.15) is 32.3 Å². The first-order valence-electron chi connectivity index (χ1n) is 6.20. The van der Waals surface area contributed by atoms with E-state index in [0.29, 0.717) is 18.6 Å². The maximum atomic E-state index is 13.4. The van der Waals surface area contributed by atoms with Gasteiger partial charge in [-0.3, -0.25) is 0 Å². The van der Waals surface area contributed by atoms with E-state index in [-0.39, 0.29) is 11.9 Å². The number of nitriles is 1. The predicted octanol–water partition coefficient (Wildman–Crippen LogP) is 2.79. The zero-order valence-electron chi connectivity index (χ0n) is 10.8. The first-order valence-corrected chi connectivity index (χ1v) is 6.20. The van der Waals surface area contributed by atoms with Gasteiger partial charge in [0, 0.05) is 12.1 Å². The predicted molar refractivity (Wildman–Crippen MR) is 68.7 cm³/mol. The fraction of sp³-hybridized carbons (Fsp3) is 0.500. The number of hydrogen-bond donors (Lipinski definition) is 1. The normalized spacial score (nSPS) is 13.7. The molecule has 18 heavy (non-hydrogen) atoms. The minimum absolute atomic E-state index is 0.0117. The number of benzene rings is 1. The van der Waals surface area contributed by atoms with E-state index in [1.54, 1.807) is 6.07 Å². The summed E-state index contributed by atoms with van der Waals surface area (Å²) in [6.07, 6.45) is 1.47. The Balaban J connectivity index is 2.84. The fourth-order valence-electron chi connectivity index (χ4n) is 1.62. The van der Waals surface area contributed by atoms with Gasteiger partial charge < -0.3 is 10.5 Å². The van der Waals surface area contributed by atoms with E-state index in [1.165, 1.54) is 12.1 Å². The molecular formula is C14H19FN2O. The van der Waals surface area contributed by atoms with E-state index in [0.717, 1.165) is 12.0 Å². The van der Waals surface area contributed by atoms with Crippen molar-refractivity contribution >= 4 is 0 Å². The van der Waals surface area contributed by atoms with Gasteiger partial charge in [0.2, 0.25) is 0 Å². The van der Waals surface area contributed by atoms with Crippen molar-refractivity contribution in [2.45, 2.75) is 45.3 Å². The number of halogens is 1. The summed E-state index contributed by atoms with van der Waals surface area (Å²) in [5.41, 5.74) is 6.64. The molecule has 2 N–H and O–H groups in total. The zero-order valence-corrected chi connectivity index (χ0v) is 10.8. The molecule has 0 aliphatic carbocycles. The smallest absolute Gasteiger partial charge is 0.184 e. The lowest BCUT2D eigenvalue weighted by Gasteiger charge is -2.13. The third-order valence-corrected chi connectivity index (χ3v) is 2.75. The first kappa shape index (κ1) is 14.5. The highest BCUT2D eigenvalue weighted by atomic mass is 19.1. The second-order valence-corrected chi connectivity index (χ2v) is 4.31. The Hall–Kier alpha value is -1.60. The highest BCUT2D eigenvalue weighted by molar-refractivity contribution is 5.30. The monoisotopic (exact) mass is 250 g/mol. The van der Waals surface area contributed by atoms with Crippen LogP contribution < -0.4 is 10.5 Å². The number of rotatable bonds is 6. The van der Waals surface area contributed by atoms with E-state index in [4.69, 9.17) is 15.7 Å². The van der Waals surface area contributed by atoms with Crippen molar-refractivity contribution in [1.29, 1.82) is 5.26 Å². The molecule has 4 heteroatoms. The SMILES string of the molecule is CCC(N)Cc1cc(F)cc(OC(C#N)CC)c1. The van der Waals surface area contributed by atoms with Gasteiger partial charge in [-0.25, -0.2) is 4.39 Å². The van der Waals surface area contributed by atoms with Crippen LogP contribution in [0, 0.1) is 17.1 Å². The molecule has 2 atom stereocenters. The van der Waals surface area contributed by atoms with Crippen LogP contribution in [0.2, 0.25) is 0 Å². The molecule has 98 valence electrons. The summed E-state index contributed by atoms with van der Waals surface area (Å²) in [6.45, 7) is 3.84. The minimum atomic E-state index is -0.542. The quantitative estimate of drug-likeness (QED) is 0.844. The minimum Gasteiger partial charge on any atom is -0.475 e. The van der Waals surface area contributed by atoms with E-state index in [9.17, 15) is 4.39 Å². The number of nitrogens with zero attached hydrogens (tertiary/aromatic N) is 1. The van der Waals surface area contributed by atoms with Crippen LogP contribution in [-0.4, -0.2) is 12.1 Å².